The lowest BCUT2D eigenvalue weighted by Crippen LogP contribution is -2.60. The third-order valence-electron chi connectivity index (χ3n) is 6.91. The highest BCUT2D eigenvalue weighted by molar-refractivity contribution is 9.10. The summed E-state index contributed by atoms with van der Waals surface area (Å²) in [6.45, 7) is 4.31. The minimum atomic E-state index is -1.37. The van der Waals surface area contributed by atoms with Gasteiger partial charge in [0.25, 0.3) is 0 Å². The van der Waals surface area contributed by atoms with Crippen molar-refractivity contribution < 1.29 is 47.3 Å². The fraction of sp³-hybridized carbons (Fsp3) is 0.355. The molecule has 15 heteroatoms. The van der Waals surface area contributed by atoms with Gasteiger partial charge < -0.3 is 28.1 Å². The maximum atomic E-state index is 12.9. The molecule has 5 unspecified atom stereocenters. The van der Waals surface area contributed by atoms with E-state index in [-0.39, 0.29) is 12.4 Å². The highest BCUT2D eigenvalue weighted by Gasteiger charge is 2.53. The maximum Gasteiger partial charge on any atom is 0.340 e. The summed E-state index contributed by atoms with van der Waals surface area (Å²) in [4.78, 5) is 66.3. The number of ether oxygens (including phenoxy) is 5. The standard InChI is InChI=1S/C31H29BrN2O11S/c1-15(35)40-13-25-26(41-16(2)36)27(42-17(3)37)28(43-18(4)38)29(44-25)34-23-8-6-5-7-22(23)33-31(34)46-14-20-11-19-12-21(32)9-10-24(19)45-30(20)39/h5-12,25-29H,13-14H2,1-4H3. The Bertz CT molecular complexity index is 1870. The molecule has 2 aromatic carbocycles. The summed E-state index contributed by atoms with van der Waals surface area (Å²) in [6.07, 6.45) is -6.40. The van der Waals surface area contributed by atoms with Gasteiger partial charge in [0, 0.05) is 48.9 Å². The lowest BCUT2D eigenvalue weighted by molar-refractivity contribution is -0.269. The molecular formula is C31H29BrN2O11S. The monoisotopic (exact) mass is 716 g/mol. The van der Waals surface area contributed by atoms with Crippen molar-refractivity contribution in [1.29, 1.82) is 0 Å². The second kappa shape index (κ2) is 14.1. The molecule has 5 atom stereocenters. The number of para-hydroxylation sites is 2. The zero-order valence-corrected chi connectivity index (χ0v) is 27.5. The van der Waals surface area contributed by atoms with Gasteiger partial charge in [-0.2, -0.15) is 0 Å². The van der Waals surface area contributed by atoms with E-state index in [1.165, 1.54) is 25.6 Å². The first-order valence-corrected chi connectivity index (χ1v) is 15.8. The Balaban J connectivity index is 1.61. The van der Waals surface area contributed by atoms with Crippen LogP contribution >= 0.6 is 27.7 Å². The summed E-state index contributed by atoms with van der Waals surface area (Å²) in [5, 5.41) is 1.08. The number of carbonyl (C=O) groups excluding carboxylic acids is 4. The minimum Gasteiger partial charge on any atom is -0.463 e. The van der Waals surface area contributed by atoms with E-state index in [1.807, 2.05) is 6.07 Å². The van der Waals surface area contributed by atoms with Crippen LogP contribution in [0, 0.1) is 0 Å². The van der Waals surface area contributed by atoms with Crippen LogP contribution in [-0.4, -0.2) is 64.5 Å². The van der Waals surface area contributed by atoms with Crippen LogP contribution in [0.5, 0.6) is 0 Å². The van der Waals surface area contributed by atoms with Crippen LogP contribution in [0.15, 0.2) is 67.4 Å². The zero-order valence-electron chi connectivity index (χ0n) is 25.1. The summed E-state index contributed by atoms with van der Waals surface area (Å²) >= 11 is 4.63. The fourth-order valence-electron chi connectivity index (χ4n) is 5.16. The normalized spacial score (nSPS) is 21.1. The van der Waals surface area contributed by atoms with E-state index >= 15 is 0 Å². The molecule has 5 rings (SSSR count). The predicted octanol–water partition coefficient (Wildman–Crippen LogP) is 4.45. The molecule has 0 aliphatic carbocycles. The van der Waals surface area contributed by atoms with Crippen molar-refractivity contribution in [2.45, 2.75) is 69.2 Å². The molecule has 2 aromatic heterocycles. The van der Waals surface area contributed by atoms with Gasteiger partial charge in [-0.15, -0.1) is 0 Å². The van der Waals surface area contributed by atoms with E-state index < -0.39 is 60.1 Å². The predicted molar refractivity (Wildman–Crippen MR) is 167 cm³/mol. The van der Waals surface area contributed by atoms with Gasteiger partial charge in [-0.3, -0.25) is 23.7 Å². The number of rotatable bonds is 9. The van der Waals surface area contributed by atoms with Gasteiger partial charge in [-0.05, 0) is 36.4 Å². The third-order valence-corrected chi connectivity index (χ3v) is 8.40. The number of hydrogen-bond donors (Lipinski definition) is 0. The Kier molecular flexibility index (Phi) is 10.1. The van der Waals surface area contributed by atoms with E-state index in [4.69, 9.17) is 33.1 Å². The fourth-order valence-corrected chi connectivity index (χ4v) is 6.53. The molecule has 3 heterocycles. The Morgan fingerprint density at radius 1 is 0.891 bits per heavy atom. The average Bonchev–Trinajstić information content (AvgIpc) is 3.35. The smallest absolute Gasteiger partial charge is 0.340 e. The minimum absolute atomic E-state index is 0.138. The number of aromatic nitrogens is 2. The van der Waals surface area contributed by atoms with Gasteiger partial charge >= 0.3 is 29.5 Å². The summed E-state index contributed by atoms with van der Waals surface area (Å²) in [7, 11) is 0. The second-order valence-electron chi connectivity index (χ2n) is 10.4. The Morgan fingerprint density at radius 3 is 2.26 bits per heavy atom. The van der Waals surface area contributed by atoms with Crippen molar-refractivity contribution in [2.24, 2.45) is 0 Å². The molecule has 0 radical (unpaired) electrons. The van der Waals surface area contributed by atoms with E-state index in [9.17, 15) is 24.0 Å². The van der Waals surface area contributed by atoms with Crippen molar-refractivity contribution in [1.82, 2.24) is 9.55 Å². The zero-order chi connectivity index (χ0) is 33.1. The molecule has 46 heavy (non-hydrogen) atoms. The van der Waals surface area contributed by atoms with Crippen LogP contribution in [0.2, 0.25) is 0 Å². The Labute approximate surface area is 274 Å². The first-order chi connectivity index (χ1) is 21.9. The molecule has 242 valence electrons. The summed E-state index contributed by atoms with van der Waals surface area (Å²) in [5.41, 5.74) is 1.40. The molecule has 4 aromatic rings. The molecular weight excluding hydrogens is 688 g/mol. The molecule has 0 N–H and O–H groups in total. The largest absolute Gasteiger partial charge is 0.463 e. The molecule has 0 amide bonds. The van der Waals surface area contributed by atoms with E-state index in [2.05, 4.69) is 15.9 Å². The van der Waals surface area contributed by atoms with Gasteiger partial charge in [0.1, 0.15) is 18.3 Å². The van der Waals surface area contributed by atoms with Gasteiger partial charge in [-0.25, -0.2) is 9.78 Å². The van der Waals surface area contributed by atoms with Gasteiger partial charge in [0.05, 0.1) is 11.0 Å². The average molecular weight is 718 g/mol. The molecule has 1 fully saturated rings. The molecule has 0 bridgehead atoms. The van der Waals surface area contributed by atoms with Crippen LogP contribution in [0.25, 0.3) is 22.0 Å². The molecule has 0 spiro atoms. The molecule has 1 aliphatic rings. The maximum absolute atomic E-state index is 12.9. The van der Waals surface area contributed by atoms with Crippen LogP contribution in [0.3, 0.4) is 0 Å². The number of thioether (sulfide) groups is 1. The van der Waals surface area contributed by atoms with Crippen molar-refractivity contribution >= 4 is 73.6 Å². The summed E-state index contributed by atoms with van der Waals surface area (Å²) in [6, 6.07) is 14.1. The lowest BCUT2D eigenvalue weighted by Gasteiger charge is -2.45. The number of hydrogen-bond acceptors (Lipinski definition) is 13. The molecule has 0 saturated carbocycles. The number of esters is 4. The Morgan fingerprint density at radius 2 is 1.57 bits per heavy atom. The SMILES string of the molecule is CC(=O)OCC1OC(n2c(SCc3cc4cc(Br)ccc4oc3=O)nc3ccccc32)C(OC(C)=O)C(OC(C)=O)C1OC(C)=O. The topological polar surface area (TPSA) is 162 Å². The Hall–Kier alpha value is -4.21. The summed E-state index contributed by atoms with van der Waals surface area (Å²) < 4.78 is 36.5. The van der Waals surface area contributed by atoms with Crippen molar-refractivity contribution in [3.63, 3.8) is 0 Å². The molecule has 1 saturated heterocycles. The van der Waals surface area contributed by atoms with E-state index in [0.29, 0.717) is 27.3 Å². The number of halogens is 1. The third kappa shape index (κ3) is 7.43. The van der Waals surface area contributed by atoms with Crippen molar-refractivity contribution in [3.8, 4) is 0 Å². The molecule has 13 nitrogen and oxygen atoms in total. The molecule has 1 aliphatic heterocycles. The van der Waals surface area contributed by atoms with E-state index in [1.54, 1.807) is 47.0 Å². The van der Waals surface area contributed by atoms with Gasteiger partial charge in [0.2, 0.25) is 0 Å². The highest BCUT2D eigenvalue weighted by Crippen LogP contribution is 2.39. The number of benzene rings is 2. The first kappa shape index (κ1) is 33.2. The number of carbonyl (C=O) groups is 4. The van der Waals surface area contributed by atoms with E-state index in [0.717, 1.165) is 23.7 Å². The first-order valence-electron chi connectivity index (χ1n) is 14.0. The van der Waals surface area contributed by atoms with Crippen molar-refractivity contribution in [2.75, 3.05) is 6.61 Å². The summed E-state index contributed by atoms with van der Waals surface area (Å²) in [5.74, 6) is -2.69. The van der Waals surface area contributed by atoms with Crippen LogP contribution < -0.4 is 5.63 Å². The lowest BCUT2D eigenvalue weighted by atomic mass is 9.97. The van der Waals surface area contributed by atoms with Gasteiger partial charge in [-0.1, -0.05) is 39.8 Å². The number of fused-ring (bicyclic) bond motifs is 2. The van der Waals surface area contributed by atoms with Gasteiger partial charge in [0.15, 0.2) is 29.7 Å². The van der Waals surface area contributed by atoms with Crippen LogP contribution in [0.4, 0.5) is 0 Å². The number of imidazole rings is 1. The highest BCUT2D eigenvalue weighted by atomic mass is 79.9. The van der Waals surface area contributed by atoms with Crippen LogP contribution in [-0.2, 0) is 48.6 Å². The second-order valence-corrected chi connectivity index (χ2v) is 12.2. The van der Waals surface area contributed by atoms with Crippen molar-refractivity contribution in [3.05, 3.63) is 69.0 Å². The quantitative estimate of drug-likeness (QED) is 0.103. The number of nitrogens with zero attached hydrogens (tertiary/aromatic N) is 2. The van der Waals surface area contributed by atoms with Crippen LogP contribution in [0.1, 0.15) is 39.5 Å².